The molecule has 4 nitrogen and oxygen atoms in total. The Labute approximate surface area is 109 Å². The molecule has 0 saturated carbocycles. The van der Waals surface area contributed by atoms with E-state index in [9.17, 15) is 4.79 Å². The lowest BCUT2D eigenvalue weighted by Gasteiger charge is -2.35. The number of anilines is 1. The third-order valence-electron chi connectivity index (χ3n) is 2.70. The van der Waals surface area contributed by atoms with Crippen LogP contribution < -0.4 is 5.32 Å². The SMILES string of the molecule is Cc1ccc(NC(=O)CN2CC(O)C2)c(Br)c1. The topological polar surface area (TPSA) is 52.6 Å². The fourth-order valence-corrected chi connectivity index (χ4v) is 2.38. The van der Waals surface area contributed by atoms with Gasteiger partial charge in [0.05, 0.1) is 18.3 Å². The normalized spacial score (nSPS) is 16.6. The van der Waals surface area contributed by atoms with Crippen molar-refractivity contribution in [2.75, 3.05) is 25.0 Å². The highest BCUT2D eigenvalue weighted by Gasteiger charge is 2.25. The highest BCUT2D eigenvalue weighted by molar-refractivity contribution is 9.10. The molecular weight excluding hydrogens is 284 g/mol. The third kappa shape index (κ3) is 3.28. The van der Waals surface area contributed by atoms with Crippen LogP contribution in [0.15, 0.2) is 22.7 Å². The fourth-order valence-electron chi connectivity index (χ4n) is 1.79. The number of aryl methyl sites for hydroxylation is 1. The zero-order chi connectivity index (χ0) is 12.4. The summed E-state index contributed by atoms with van der Waals surface area (Å²) in [5.74, 6) is -0.0542. The van der Waals surface area contributed by atoms with Gasteiger partial charge in [-0.25, -0.2) is 0 Å². The maximum atomic E-state index is 11.7. The van der Waals surface area contributed by atoms with Crippen molar-refractivity contribution in [3.8, 4) is 0 Å². The summed E-state index contributed by atoms with van der Waals surface area (Å²) in [5, 5.41) is 12.0. The Morgan fingerprint density at radius 3 is 2.88 bits per heavy atom. The van der Waals surface area contributed by atoms with E-state index in [1.165, 1.54) is 0 Å². The number of nitrogens with zero attached hydrogens (tertiary/aromatic N) is 1. The van der Waals surface area contributed by atoms with Crippen LogP contribution in [0.5, 0.6) is 0 Å². The van der Waals surface area contributed by atoms with E-state index >= 15 is 0 Å². The first-order chi connectivity index (χ1) is 8.04. The molecule has 5 heteroatoms. The number of carbonyl (C=O) groups excluding carboxylic acids is 1. The van der Waals surface area contributed by atoms with Gasteiger partial charge in [-0.05, 0) is 40.5 Å². The molecule has 1 saturated heterocycles. The monoisotopic (exact) mass is 298 g/mol. The van der Waals surface area contributed by atoms with Crippen molar-refractivity contribution in [3.63, 3.8) is 0 Å². The molecule has 1 fully saturated rings. The average Bonchev–Trinajstić information content (AvgIpc) is 2.20. The highest BCUT2D eigenvalue weighted by atomic mass is 79.9. The van der Waals surface area contributed by atoms with Crippen LogP contribution >= 0.6 is 15.9 Å². The highest BCUT2D eigenvalue weighted by Crippen LogP contribution is 2.23. The van der Waals surface area contributed by atoms with Gasteiger partial charge in [0.1, 0.15) is 0 Å². The second-order valence-electron chi connectivity index (χ2n) is 4.38. The van der Waals surface area contributed by atoms with E-state index in [0.717, 1.165) is 15.7 Å². The summed E-state index contributed by atoms with van der Waals surface area (Å²) in [4.78, 5) is 13.6. The molecule has 1 aliphatic rings. The number of carbonyl (C=O) groups is 1. The lowest BCUT2D eigenvalue weighted by molar-refractivity contribution is -0.119. The van der Waals surface area contributed by atoms with Gasteiger partial charge in [0.2, 0.25) is 5.91 Å². The minimum atomic E-state index is -0.270. The van der Waals surface area contributed by atoms with Gasteiger partial charge in [-0.15, -0.1) is 0 Å². The predicted molar refractivity (Wildman–Crippen MR) is 70.0 cm³/mol. The van der Waals surface area contributed by atoms with Crippen LogP contribution in [0.1, 0.15) is 5.56 Å². The Kier molecular flexibility index (Phi) is 3.81. The van der Waals surface area contributed by atoms with Gasteiger partial charge in [0, 0.05) is 17.6 Å². The fraction of sp³-hybridized carbons (Fsp3) is 0.417. The van der Waals surface area contributed by atoms with Gasteiger partial charge in [-0.1, -0.05) is 6.07 Å². The van der Waals surface area contributed by atoms with Crippen molar-refractivity contribution in [2.24, 2.45) is 0 Å². The van der Waals surface area contributed by atoms with Crippen LogP contribution in [0.25, 0.3) is 0 Å². The first-order valence-corrected chi connectivity index (χ1v) is 6.30. The van der Waals surface area contributed by atoms with Crippen molar-refractivity contribution in [3.05, 3.63) is 28.2 Å². The van der Waals surface area contributed by atoms with E-state index < -0.39 is 0 Å². The molecule has 0 bridgehead atoms. The number of aliphatic hydroxyl groups excluding tert-OH is 1. The zero-order valence-electron chi connectivity index (χ0n) is 9.61. The number of hydrogen-bond acceptors (Lipinski definition) is 3. The first-order valence-electron chi connectivity index (χ1n) is 5.51. The summed E-state index contributed by atoms with van der Waals surface area (Å²) >= 11 is 3.41. The van der Waals surface area contributed by atoms with Crippen LogP contribution in [0.3, 0.4) is 0 Å². The maximum absolute atomic E-state index is 11.7. The van der Waals surface area contributed by atoms with Crippen molar-refractivity contribution in [2.45, 2.75) is 13.0 Å². The summed E-state index contributed by atoms with van der Waals surface area (Å²) in [5.41, 5.74) is 1.92. The van der Waals surface area contributed by atoms with E-state index in [0.29, 0.717) is 19.6 Å². The van der Waals surface area contributed by atoms with Crippen molar-refractivity contribution < 1.29 is 9.90 Å². The Morgan fingerprint density at radius 1 is 1.59 bits per heavy atom. The summed E-state index contributed by atoms with van der Waals surface area (Å²) in [7, 11) is 0. The molecule has 1 heterocycles. The van der Waals surface area contributed by atoms with Crippen LogP contribution in [0.4, 0.5) is 5.69 Å². The molecule has 0 atom stereocenters. The van der Waals surface area contributed by atoms with E-state index in [-0.39, 0.29) is 12.0 Å². The van der Waals surface area contributed by atoms with E-state index in [2.05, 4.69) is 21.2 Å². The number of hydrogen-bond donors (Lipinski definition) is 2. The molecule has 17 heavy (non-hydrogen) atoms. The second kappa shape index (κ2) is 5.16. The number of β-amino-alcohol motifs (C(OH)–C–C–N with tert-alkyl or cyclic N) is 1. The van der Waals surface area contributed by atoms with Crippen LogP contribution in [0, 0.1) is 6.92 Å². The summed E-state index contributed by atoms with van der Waals surface area (Å²) in [6.45, 7) is 3.50. The first kappa shape index (κ1) is 12.5. The van der Waals surface area contributed by atoms with Crippen LogP contribution in [-0.2, 0) is 4.79 Å². The zero-order valence-corrected chi connectivity index (χ0v) is 11.2. The standard InChI is InChI=1S/C12H15BrN2O2/c1-8-2-3-11(10(13)4-8)14-12(17)7-15-5-9(16)6-15/h2-4,9,16H,5-7H2,1H3,(H,14,17). The quantitative estimate of drug-likeness (QED) is 0.886. The largest absolute Gasteiger partial charge is 0.390 e. The molecule has 0 radical (unpaired) electrons. The Hall–Kier alpha value is -0.910. The van der Waals surface area contributed by atoms with Gasteiger partial charge < -0.3 is 10.4 Å². The molecule has 0 unspecified atom stereocenters. The number of halogens is 1. The van der Waals surface area contributed by atoms with Crippen molar-refractivity contribution in [1.29, 1.82) is 0 Å². The number of amides is 1. The second-order valence-corrected chi connectivity index (χ2v) is 5.23. The summed E-state index contributed by atoms with van der Waals surface area (Å²) < 4.78 is 0.884. The van der Waals surface area contributed by atoms with Gasteiger partial charge in [-0.3, -0.25) is 9.69 Å². The Bertz CT molecular complexity index is 431. The van der Waals surface area contributed by atoms with E-state index in [1.807, 2.05) is 30.0 Å². The molecule has 2 rings (SSSR count). The summed E-state index contributed by atoms with van der Waals surface area (Å²) in [6.07, 6.45) is -0.270. The van der Waals surface area contributed by atoms with E-state index in [4.69, 9.17) is 5.11 Å². The van der Waals surface area contributed by atoms with Crippen molar-refractivity contribution >= 4 is 27.5 Å². The predicted octanol–water partition coefficient (Wildman–Crippen LogP) is 1.37. The molecule has 0 aromatic heterocycles. The Morgan fingerprint density at radius 2 is 2.29 bits per heavy atom. The molecule has 0 spiro atoms. The molecular formula is C12H15BrN2O2. The minimum Gasteiger partial charge on any atom is -0.390 e. The van der Waals surface area contributed by atoms with Gasteiger partial charge in [0.25, 0.3) is 0 Å². The molecule has 2 N–H and O–H groups in total. The smallest absolute Gasteiger partial charge is 0.238 e. The van der Waals surface area contributed by atoms with Crippen LogP contribution in [-0.4, -0.2) is 41.7 Å². The number of aliphatic hydroxyl groups is 1. The minimum absolute atomic E-state index is 0.0542. The van der Waals surface area contributed by atoms with E-state index in [1.54, 1.807) is 0 Å². The Balaban J connectivity index is 1.89. The van der Waals surface area contributed by atoms with Crippen molar-refractivity contribution in [1.82, 2.24) is 4.90 Å². The van der Waals surface area contributed by atoms with Gasteiger partial charge in [0.15, 0.2) is 0 Å². The molecule has 92 valence electrons. The molecule has 1 aromatic rings. The molecule has 1 amide bonds. The van der Waals surface area contributed by atoms with Gasteiger partial charge >= 0.3 is 0 Å². The number of rotatable bonds is 3. The number of likely N-dealkylation sites (tertiary alicyclic amines) is 1. The third-order valence-corrected chi connectivity index (χ3v) is 3.36. The average molecular weight is 299 g/mol. The molecule has 1 aromatic carbocycles. The van der Waals surface area contributed by atoms with Gasteiger partial charge in [-0.2, -0.15) is 0 Å². The lowest BCUT2D eigenvalue weighted by atomic mass is 10.2. The summed E-state index contributed by atoms with van der Waals surface area (Å²) in [6, 6.07) is 5.79. The number of nitrogens with one attached hydrogen (secondary N) is 1. The molecule has 1 aliphatic heterocycles. The number of benzene rings is 1. The molecule has 0 aliphatic carbocycles. The lowest BCUT2D eigenvalue weighted by Crippen LogP contribution is -2.53. The maximum Gasteiger partial charge on any atom is 0.238 e. The van der Waals surface area contributed by atoms with Crippen LogP contribution in [0.2, 0.25) is 0 Å².